The highest BCUT2D eigenvalue weighted by molar-refractivity contribution is 6.78. The highest BCUT2D eigenvalue weighted by Gasteiger charge is 2.50. The second-order valence-corrected chi connectivity index (χ2v) is 33.4. The van der Waals surface area contributed by atoms with Gasteiger partial charge in [0.05, 0.1) is 74.2 Å². The van der Waals surface area contributed by atoms with Crippen molar-refractivity contribution in [2.75, 3.05) is 40.5 Å². The lowest BCUT2D eigenvalue weighted by molar-refractivity contribution is -0.188. The highest BCUT2D eigenvalue weighted by atomic mass is 28.3. The number of benzene rings is 2. The van der Waals surface area contributed by atoms with Crippen LogP contribution in [0.3, 0.4) is 0 Å². The van der Waals surface area contributed by atoms with Gasteiger partial charge in [-0.3, -0.25) is 14.4 Å². The summed E-state index contributed by atoms with van der Waals surface area (Å²) in [6.07, 6.45) is 3.14. The summed E-state index contributed by atoms with van der Waals surface area (Å²) in [5.41, 5.74) is 5.85. The number of para-hydroxylation sites is 2. The van der Waals surface area contributed by atoms with Crippen molar-refractivity contribution in [3.05, 3.63) is 126 Å². The first-order valence-electron chi connectivity index (χ1n) is 26.9. The van der Waals surface area contributed by atoms with Crippen LogP contribution in [0.1, 0.15) is 78.1 Å². The lowest BCUT2D eigenvalue weighted by Crippen LogP contribution is -2.47. The normalized spacial score (nSPS) is 17.7. The van der Waals surface area contributed by atoms with Gasteiger partial charge < -0.3 is 48.9 Å². The Labute approximate surface area is 460 Å². The number of carbonyl (C=O) groups is 5. The summed E-state index contributed by atoms with van der Waals surface area (Å²) < 4.78 is 19.5. The van der Waals surface area contributed by atoms with Crippen molar-refractivity contribution in [3.8, 4) is 22.8 Å². The first-order chi connectivity index (χ1) is 37.3. The van der Waals surface area contributed by atoms with E-state index in [4.69, 9.17) is 24.2 Å². The molecule has 8 heterocycles. The summed E-state index contributed by atoms with van der Waals surface area (Å²) in [6, 6.07) is 21.2. The van der Waals surface area contributed by atoms with E-state index in [2.05, 4.69) is 49.0 Å². The maximum absolute atomic E-state index is 13.9. The van der Waals surface area contributed by atoms with E-state index < -0.39 is 45.3 Å². The molecule has 4 aliphatic heterocycles. The number of nitrogens with one attached hydrogen (secondary N) is 2. The molecule has 416 valence electrons. The number of hydrogen-bond acceptors (Lipinski definition) is 13. The molecule has 2 atom stereocenters. The summed E-state index contributed by atoms with van der Waals surface area (Å²) in [5.74, 6) is -2.03. The largest absolute Gasteiger partial charge is 0.458 e. The molecule has 10 rings (SSSR count). The molecule has 21 heteroatoms. The number of rotatable bonds is 13. The number of nitrogens with zero attached hydrogens (tertiary/aromatic N) is 6. The van der Waals surface area contributed by atoms with E-state index in [1.807, 2.05) is 36.4 Å². The fourth-order valence-electron chi connectivity index (χ4n) is 11.2. The Morgan fingerprint density at radius 3 is 1.52 bits per heavy atom. The van der Waals surface area contributed by atoms with Gasteiger partial charge in [-0.1, -0.05) is 88.5 Å². The number of fused-ring (bicyclic) bond motifs is 10. The summed E-state index contributed by atoms with van der Waals surface area (Å²) in [5, 5.41) is 19.3. The van der Waals surface area contributed by atoms with Crippen molar-refractivity contribution in [1.29, 1.82) is 0 Å². The standard InChI is InChI=1S/C30H36N4O6Si.C28H34N4O5Si/c1-7-30(40-18(2)35)23-14-25-26-21(15-34(25)27(36)22(23)16-39-28(30)37)19(20-10-8-9-11-24(20)32-26)12-13-41(5,6)17-31-29(38)33(3)4;1-6-28(36)21-13-23-24-19(14-32(23)25(33)20(21)15-37-26(28)34)17(18-9-7-8-10-22(18)30-24)11-12-38(4,5)16-29-27(35)31(2)3/h8-11,14H,7,12-13,15-17H2,1-6H3,(H,31,38);7-10,13,36H,6,11-12,14-16H2,1-5H3,(H,29,35)/t30-;28-/m00/s1. The van der Waals surface area contributed by atoms with E-state index in [-0.39, 0.29) is 49.2 Å². The molecule has 4 aliphatic rings. The number of amides is 4. The zero-order valence-electron chi connectivity index (χ0n) is 47.0. The van der Waals surface area contributed by atoms with Gasteiger partial charge in [-0.25, -0.2) is 29.1 Å². The predicted octanol–water partition coefficient (Wildman–Crippen LogP) is 6.85. The van der Waals surface area contributed by atoms with E-state index in [9.17, 15) is 38.7 Å². The molecule has 2 aromatic carbocycles. The molecule has 0 radical (unpaired) electrons. The average Bonchev–Trinajstić information content (AvgIpc) is 3.81. The molecule has 3 N–H and O–H groups in total. The molecule has 0 bridgehead atoms. The van der Waals surface area contributed by atoms with Crippen molar-refractivity contribution in [1.82, 2.24) is 39.5 Å². The highest BCUT2D eigenvalue weighted by Crippen LogP contribution is 2.44. The summed E-state index contributed by atoms with van der Waals surface area (Å²) in [4.78, 5) is 102. The Bertz CT molecular complexity index is 3650. The van der Waals surface area contributed by atoms with E-state index in [0.717, 1.165) is 74.7 Å². The number of aromatic nitrogens is 4. The number of aryl methyl sites for hydroxylation is 2. The van der Waals surface area contributed by atoms with E-state index in [1.54, 1.807) is 68.2 Å². The van der Waals surface area contributed by atoms with Crippen molar-refractivity contribution in [3.63, 3.8) is 0 Å². The third-order valence-corrected chi connectivity index (χ3v) is 21.5. The first-order valence-corrected chi connectivity index (χ1v) is 33.7. The molecule has 0 fully saturated rings. The van der Waals surface area contributed by atoms with Gasteiger partial charge in [-0.15, -0.1) is 0 Å². The van der Waals surface area contributed by atoms with Crippen molar-refractivity contribution >= 4 is 67.9 Å². The van der Waals surface area contributed by atoms with Crippen LogP contribution < -0.4 is 21.8 Å². The number of ether oxygens (including phenoxy) is 3. The van der Waals surface area contributed by atoms with Gasteiger partial charge in [0.15, 0.2) is 5.60 Å². The number of cyclic esters (lactones) is 2. The number of hydrogen-bond donors (Lipinski definition) is 3. The average molecular weight is 1110 g/mol. The minimum Gasteiger partial charge on any atom is -0.458 e. The number of carbonyl (C=O) groups excluding carboxylic acids is 5. The summed E-state index contributed by atoms with van der Waals surface area (Å²) in [6.45, 7) is 14.1. The molecule has 0 unspecified atom stereocenters. The molecular weight excluding hydrogens is 1040 g/mol. The van der Waals surface area contributed by atoms with Crippen LogP contribution in [0, 0.1) is 0 Å². The van der Waals surface area contributed by atoms with Crippen LogP contribution in [0.5, 0.6) is 0 Å². The van der Waals surface area contributed by atoms with Crippen LogP contribution in [0.2, 0.25) is 38.3 Å². The Hall–Kier alpha value is -7.50. The zero-order valence-corrected chi connectivity index (χ0v) is 49.0. The molecule has 0 saturated heterocycles. The maximum Gasteiger partial charge on any atom is 0.355 e. The van der Waals surface area contributed by atoms with Crippen molar-refractivity contribution < 1.29 is 43.3 Å². The van der Waals surface area contributed by atoms with Crippen LogP contribution in [0.25, 0.3) is 44.6 Å². The lowest BCUT2D eigenvalue weighted by atomic mass is 9.85. The fraction of sp³-hybridized carbons (Fsp3) is 0.431. The third-order valence-electron chi connectivity index (χ3n) is 16.1. The number of aliphatic hydroxyl groups is 1. The van der Waals surface area contributed by atoms with Crippen molar-refractivity contribution in [2.24, 2.45) is 0 Å². The Morgan fingerprint density at radius 2 is 1.09 bits per heavy atom. The Morgan fingerprint density at radius 1 is 0.658 bits per heavy atom. The van der Waals surface area contributed by atoms with Crippen LogP contribution >= 0.6 is 0 Å². The molecule has 0 saturated carbocycles. The van der Waals surface area contributed by atoms with Gasteiger partial charge in [0.25, 0.3) is 11.1 Å². The molecule has 19 nitrogen and oxygen atoms in total. The van der Waals surface area contributed by atoms with Crippen LogP contribution in [0.4, 0.5) is 9.59 Å². The number of pyridine rings is 4. The maximum atomic E-state index is 13.9. The summed E-state index contributed by atoms with van der Waals surface area (Å²) >= 11 is 0. The Balaban J connectivity index is 0.000000192. The fourth-order valence-corrected chi connectivity index (χ4v) is 14.7. The van der Waals surface area contributed by atoms with E-state index >= 15 is 0 Å². The summed E-state index contributed by atoms with van der Waals surface area (Å²) in [7, 11) is 3.31. The van der Waals surface area contributed by atoms with Gasteiger partial charge >= 0.3 is 30.0 Å². The second-order valence-electron chi connectivity index (χ2n) is 23.1. The third kappa shape index (κ3) is 10.3. The van der Waals surface area contributed by atoms with E-state index in [1.165, 1.54) is 11.8 Å². The van der Waals surface area contributed by atoms with Crippen LogP contribution in [-0.4, -0.2) is 121 Å². The van der Waals surface area contributed by atoms with Gasteiger partial charge in [0.1, 0.15) is 13.2 Å². The molecule has 6 aromatic rings. The van der Waals surface area contributed by atoms with Gasteiger partial charge in [-0.05, 0) is 61.1 Å². The second kappa shape index (κ2) is 21.3. The SMILES string of the molecule is CC[C@@]1(O)C(=O)OCc2c1cc1n(c2=O)Cc2c-1nc1ccccc1c2CC[Si](C)(C)CNC(=O)N(C)C.CC[C@@]1(OC(C)=O)C(=O)OCc2c1cc1n(c2=O)Cc2c-1nc1ccccc1c2CC[Si](C)(C)CNC(=O)N(C)C. The molecular formula is C58H70N8O11Si2. The zero-order chi connectivity index (χ0) is 57.1. The van der Waals surface area contributed by atoms with Gasteiger partial charge in [0.2, 0.25) is 5.60 Å². The first kappa shape index (κ1) is 56.2. The van der Waals surface area contributed by atoms with Gasteiger partial charge in [-0.2, -0.15) is 0 Å². The minimum absolute atomic E-state index is 0.0888. The monoisotopic (exact) mass is 1110 g/mol. The molecule has 4 amide bonds. The minimum atomic E-state index is -1.85. The number of esters is 3. The lowest BCUT2D eigenvalue weighted by Gasteiger charge is -2.35. The topological polar surface area (TPSA) is 234 Å². The van der Waals surface area contributed by atoms with E-state index in [0.29, 0.717) is 64.8 Å². The van der Waals surface area contributed by atoms with Crippen LogP contribution in [0.15, 0.2) is 70.3 Å². The molecule has 79 heavy (non-hydrogen) atoms. The predicted molar refractivity (Wildman–Crippen MR) is 305 cm³/mol. The van der Waals surface area contributed by atoms with Crippen molar-refractivity contribution in [2.45, 2.75) is 122 Å². The molecule has 0 aliphatic carbocycles. The number of urea groups is 2. The quantitative estimate of drug-likeness (QED) is 0.0610. The molecule has 4 aromatic heterocycles. The van der Waals surface area contributed by atoms with Gasteiger partial charge in [0, 0.05) is 80.5 Å². The Kier molecular flexibility index (Phi) is 15.1. The smallest absolute Gasteiger partial charge is 0.355 e. The van der Waals surface area contributed by atoms with Crippen LogP contribution in [-0.2, 0) is 78.9 Å². The molecule has 0 spiro atoms.